The van der Waals surface area contributed by atoms with Crippen molar-refractivity contribution in [3.63, 3.8) is 0 Å². The van der Waals surface area contributed by atoms with Crippen molar-refractivity contribution in [2.45, 2.75) is 52.0 Å². The van der Waals surface area contributed by atoms with E-state index in [0.717, 1.165) is 35.6 Å². The number of carbonyl (C=O) groups is 1. The van der Waals surface area contributed by atoms with Crippen molar-refractivity contribution in [1.82, 2.24) is 0 Å². The summed E-state index contributed by atoms with van der Waals surface area (Å²) >= 11 is 0. The van der Waals surface area contributed by atoms with Crippen molar-refractivity contribution in [2.24, 2.45) is 16.8 Å². The number of allylic oxidation sites excluding steroid dienone is 2. The molecule has 0 radical (unpaired) electrons. The van der Waals surface area contributed by atoms with Crippen LogP contribution < -0.4 is 0 Å². The molecule has 0 aromatic heterocycles. The van der Waals surface area contributed by atoms with Crippen LogP contribution >= 0.6 is 0 Å². The molecule has 3 unspecified atom stereocenters. The summed E-state index contributed by atoms with van der Waals surface area (Å²) in [5.74, 6) is 2.17. The fourth-order valence-corrected chi connectivity index (χ4v) is 5.03. The minimum atomic E-state index is -0.319. The number of methoxy groups -OCH3 is 1. The molecule has 2 aliphatic carbocycles. The Morgan fingerprint density at radius 2 is 1.80 bits per heavy atom. The zero-order chi connectivity index (χ0) is 21.1. The minimum Gasteiger partial charge on any atom is -0.494 e. The molecule has 0 amide bonds. The molecule has 1 saturated carbocycles. The van der Waals surface area contributed by atoms with E-state index >= 15 is 0 Å². The van der Waals surface area contributed by atoms with Gasteiger partial charge in [0.15, 0.2) is 5.76 Å². The first kappa shape index (κ1) is 20.7. The number of hydrogen-bond donors (Lipinski definition) is 0. The van der Waals surface area contributed by atoms with Crippen molar-refractivity contribution in [3.8, 4) is 0 Å². The van der Waals surface area contributed by atoms with Gasteiger partial charge < -0.3 is 14.2 Å². The second-order valence-corrected chi connectivity index (χ2v) is 8.10. The van der Waals surface area contributed by atoms with Gasteiger partial charge in [-0.25, -0.2) is 4.79 Å². The maximum Gasteiger partial charge on any atom is 0.337 e. The highest BCUT2D eigenvalue weighted by Crippen LogP contribution is 2.46. The molecule has 1 heterocycles. The molecule has 5 nitrogen and oxygen atoms in total. The first-order valence-electron chi connectivity index (χ1n) is 11.1. The van der Waals surface area contributed by atoms with Gasteiger partial charge in [0.05, 0.1) is 31.9 Å². The zero-order valence-corrected chi connectivity index (χ0v) is 18.1. The summed E-state index contributed by atoms with van der Waals surface area (Å²) in [6.45, 7) is 5.27. The van der Waals surface area contributed by atoms with Crippen molar-refractivity contribution < 1.29 is 19.0 Å². The summed E-state index contributed by atoms with van der Waals surface area (Å²) in [6, 6.07) is 7.97. The van der Waals surface area contributed by atoms with Gasteiger partial charge in [-0.2, -0.15) is 0 Å². The Labute approximate surface area is 178 Å². The van der Waals surface area contributed by atoms with E-state index in [1.54, 1.807) is 0 Å². The average Bonchev–Trinajstić information content (AvgIpc) is 2.79. The van der Waals surface area contributed by atoms with Crippen LogP contribution in [-0.2, 0) is 14.2 Å². The van der Waals surface area contributed by atoms with Gasteiger partial charge in [0, 0.05) is 24.0 Å². The molecule has 5 heteroatoms. The summed E-state index contributed by atoms with van der Waals surface area (Å²) in [5.41, 5.74) is 4.17. The van der Waals surface area contributed by atoms with E-state index in [2.05, 4.69) is 6.08 Å². The Hall–Kier alpha value is -2.56. The average molecular weight is 410 g/mol. The molecule has 0 N–H and O–H groups in total. The largest absolute Gasteiger partial charge is 0.494 e. The lowest BCUT2D eigenvalue weighted by atomic mass is 9.68. The number of esters is 1. The van der Waals surface area contributed by atoms with E-state index in [0.29, 0.717) is 30.7 Å². The van der Waals surface area contributed by atoms with Gasteiger partial charge >= 0.3 is 5.97 Å². The molecule has 3 atom stereocenters. The number of fused-ring (bicyclic) bond motifs is 3. The van der Waals surface area contributed by atoms with Crippen LogP contribution in [0.1, 0.15) is 61.9 Å². The molecule has 30 heavy (non-hydrogen) atoms. The SMILES string of the molecule is CCOC1=C(OCC)CC2C(=C1)C1CCCCC1N=C2c1ccc(C(=O)OC)cc1. The number of nitrogens with zero attached hydrogens (tertiary/aromatic N) is 1. The van der Waals surface area contributed by atoms with Crippen LogP contribution in [0, 0.1) is 11.8 Å². The van der Waals surface area contributed by atoms with E-state index in [-0.39, 0.29) is 11.9 Å². The van der Waals surface area contributed by atoms with Gasteiger partial charge in [-0.1, -0.05) is 30.5 Å². The number of rotatable bonds is 6. The number of hydrogen-bond acceptors (Lipinski definition) is 5. The molecule has 1 fully saturated rings. The van der Waals surface area contributed by atoms with E-state index in [9.17, 15) is 4.79 Å². The molecule has 4 rings (SSSR count). The lowest BCUT2D eigenvalue weighted by Gasteiger charge is -2.42. The van der Waals surface area contributed by atoms with Crippen molar-refractivity contribution in [3.05, 3.63) is 58.6 Å². The van der Waals surface area contributed by atoms with Gasteiger partial charge in [-0.15, -0.1) is 0 Å². The van der Waals surface area contributed by atoms with E-state index < -0.39 is 0 Å². The lowest BCUT2D eigenvalue weighted by molar-refractivity contribution is 0.0600. The van der Waals surface area contributed by atoms with Crippen LogP contribution in [0.15, 0.2) is 52.4 Å². The van der Waals surface area contributed by atoms with Crippen LogP contribution in [0.25, 0.3) is 0 Å². The molecule has 0 bridgehead atoms. The molecule has 1 aromatic rings. The summed E-state index contributed by atoms with van der Waals surface area (Å²) in [4.78, 5) is 17.1. The van der Waals surface area contributed by atoms with Crippen LogP contribution in [-0.4, -0.2) is 38.0 Å². The van der Waals surface area contributed by atoms with Crippen LogP contribution in [0.2, 0.25) is 0 Å². The predicted molar refractivity (Wildman–Crippen MR) is 117 cm³/mol. The second-order valence-electron chi connectivity index (χ2n) is 8.10. The predicted octanol–water partition coefficient (Wildman–Crippen LogP) is 5.07. The van der Waals surface area contributed by atoms with Gasteiger partial charge in [-0.3, -0.25) is 4.99 Å². The van der Waals surface area contributed by atoms with E-state index in [1.807, 2.05) is 38.1 Å². The Kier molecular flexibility index (Phi) is 6.26. The summed E-state index contributed by atoms with van der Waals surface area (Å²) < 4.78 is 16.8. The molecule has 1 aromatic carbocycles. The normalized spacial score (nSPS) is 25.5. The van der Waals surface area contributed by atoms with Gasteiger partial charge in [-0.05, 0) is 50.5 Å². The minimum absolute atomic E-state index is 0.194. The third-order valence-electron chi connectivity index (χ3n) is 6.38. The van der Waals surface area contributed by atoms with Crippen molar-refractivity contribution in [2.75, 3.05) is 20.3 Å². The topological polar surface area (TPSA) is 57.1 Å². The van der Waals surface area contributed by atoms with Crippen molar-refractivity contribution in [1.29, 1.82) is 0 Å². The molecular weight excluding hydrogens is 378 g/mol. The third-order valence-corrected chi connectivity index (χ3v) is 6.38. The summed E-state index contributed by atoms with van der Waals surface area (Å²) in [7, 11) is 1.40. The standard InChI is InChI=1S/C25H31NO4/c1-4-29-22-14-19-18-8-6-7-9-21(18)26-24(20(19)15-23(22)30-5-2)16-10-12-17(13-11-16)25(27)28-3/h10-14,18,20-21H,4-9,15H2,1-3H3. The molecule has 0 spiro atoms. The fraction of sp³-hybridized carbons (Fsp3) is 0.520. The Balaban J connectivity index is 1.74. The first-order valence-corrected chi connectivity index (χ1v) is 11.1. The van der Waals surface area contributed by atoms with Gasteiger partial charge in [0.25, 0.3) is 0 Å². The molecule has 160 valence electrons. The summed E-state index contributed by atoms with van der Waals surface area (Å²) in [5, 5.41) is 0. The van der Waals surface area contributed by atoms with E-state index in [1.165, 1.54) is 31.9 Å². The maximum absolute atomic E-state index is 11.8. The van der Waals surface area contributed by atoms with Crippen LogP contribution in [0.5, 0.6) is 0 Å². The number of ether oxygens (including phenoxy) is 3. The molecule has 3 aliphatic rings. The fourth-order valence-electron chi connectivity index (χ4n) is 5.03. The third kappa shape index (κ3) is 3.90. The van der Waals surface area contributed by atoms with E-state index in [4.69, 9.17) is 19.2 Å². The smallest absolute Gasteiger partial charge is 0.337 e. The van der Waals surface area contributed by atoms with Crippen LogP contribution in [0.4, 0.5) is 0 Å². The highest BCUT2D eigenvalue weighted by atomic mass is 16.5. The highest BCUT2D eigenvalue weighted by molar-refractivity contribution is 6.05. The molecule has 1 aliphatic heterocycles. The lowest BCUT2D eigenvalue weighted by Crippen LogP contribution is -2.39. The Morgan fingerprint density at radius 3 is 2.50 bits per heavy atom. The number of aliphatic imine (C=N–C) groups is 1. The monoisotopic (exact) mass is 409 g/mol. The molecular formula is C25H31NO4. The Bertz CT molecular complexity index is 881. The number of benzene rings is 1. The first-order chi connectivity index (χ1) is 14.7. The number of carbonyl (C=O) groups excluding carboxylic acids is 1. The molecule has 0 saturated heterocycles. The van der Waals surface area contributed by atoms with Crippen LogP contribution in [0.3, 0.4) is 0 Å². The quantitative estimate of drug-likeness (QED) is 0.616. The highest BCUT2D eigenvalue weighted by Gasteiger charge is 2.41. The summed E-state index contributed by atoms with van der Waals surface area (Å²) in [6.07, 6.45) is 7.82. The van der Waals surface area contributed by atoms with Gasteiger partial charge in [0.2, 0.25) is 0 Å². The van der Waals surface area contributed by atoms with Crippen molar-refractivity contribution >= 4 is 11.7 Å². The second kappa shape index (κ2) is 9.07. The Morgan fingerprint density at radius 1 is 1.07 bits per heavy atom. The zero-order valence-electron chi connectivity index (χ0n) is 18.1. The van der Waals surface area contributed by atoms with Gasteiger partial charge in [0.1, 0.15) is 5.76 Å². The maximum atomic E-state index is 11.8.